The predicted molar refractivity (Wildman–Crippen MR) is 126 cm³/mol. The molecule has 0 unspecified atom stereocenters. The number of amides is 1. The van der Waals surface area contributed by atoms with E-state index in [1.807, 2.05) is 30.3 Å². The first kappa shape index (κ1) is 27.0. The molecule has 1 aromatic heterocycles. The Morgan fingerprint density at radius 3 is 2.16 bits per heavy atom. The fraction of sp³-hybridized carbons (Fsp3) is 0.560. The van der Waals surface area contributed by atoms with Gasteiger partial charge in [0.15, 0.2) is 17.1 Å². The number of halogens is 5. The zero-order valence-electron chi connectivity index (χ0n) is 20.7. The maximum Gasteiger partial charge on any atom is 0.435 e. The molecule has 4 rings (SSSR count). The molecule has 3 heterocycles. The number of hydrogen-bond donors (Lipinski definition) is 0. The number of carbonyl (C=O) groups excluding carboxylic acids is 1. The molecule has 12 heteroatoms. The molecule has 2 saturated heterocycles. The summed E-state index contributed by atoms with van der Waals surface area (Å²) < 4.78 is 72.4. The standard InChI is InChI=1S/C25H30F5N5O2/c1-17-14-34(21-9-8-20(31-32-21)25(28,29)30)15-18(2)35(17)23(36)37-24(22(26)27)10-12-33(13-11-24)16-19-6-4-3-5-7-19/h3-9,17-18,22H,10-16H2,1-2H3/t17-,18+. The fourth-order valence-electron chi connectivity index (χ4n) is 5.04. The first-order valence-corrected chi connectivity index (χ1v) is 12.2. The summed E-state index contributed by atoms with van der Waals surface area (Å²) in [5.41, 5.74) is -1.87. The van der Waals surface area contributed by atoms with Crippen LogP contribution in [0.1, 0.15) is 37.9 Å². The van der Waals surface area contributed by atoms with Gasteiger partial charge in [-0.2, -0.15) is 13.2 Å². The lowest BCUT2D eigenvalue weighted by Gasteiger charge is -2.46. The van der Waals surface area contributed by atoms with Crippen LogP contribution in [-0.2, 0) is 17.5 Å². The summed E-state index contributed by atoms with van der Waals surface area (Å²) in [6.07, 6.45) is -8.19. The number of rotatable bonds is 5. The Labute approximate surface area is 212 Å². The second-order valence-electron chi connectivity index (χ2n) is 9.78. The maximum atomic E-state index is 14.2. The summed E-state index contributed by atoms with van der Waals surface area (Å²) in [7, 11) is 0. The van der Waals surface area contributed by atoms with Crippen molar-refractivity contribution >= 4 is 11.9 Å². The van der Waals surface area contributed by atoms with Crippen LogP contribution in [0.25, 0.3) is 0 Å². The van der Waals surface area contributed by atoms with E-state index in [9.17, 15) is 26.7 Å². The van der Waals surface area contributed by atoms with Crippen molar-refractivity contribution in [2.24, 2.45) is 0 Å². The third-order valence-electron chi connectivity index (χ3n) is 7.03. The summed E-state index contributed by atoms with van der Waals surface area (Å²) >= 11 is 0. The summed E-state index contributed by atoms with van der Waals surface area (Å²) in [6, 6.07) is 10.9. The Kier molecular flexibility index (Phi) is 7.86. The third-order valence-corrected chi connectivity index (χ3v) is 7.03. The van der Waals surface area contributed by atoms with Gasteiger partial charge in [-0.1, -0.05) is 30.3 Å². The van der Waals surface area contributed by atoms with E-state index < -0.39 is 42.1 Å². The molecule has 2 aromatic rings. The first-order valence-electron chi connectivity index (χ1n) is 12.2. The Morgan fingerprint density at radius 1 is 1.03 bits per heavy atom. The van der Waals surface area contributed by atoms with Crippen molar-refractivity contribution in [3.8, 4) is 0 Å². The molecule has 7 nitrogen and oxygen atoms in total. The second kappa shape index (κ2) is 10.8. The van der Waals surface area contributed by atoms with Crippen LogP contribution in [0.4, 0.5) is 32.6 Å². The number of piperidine rings is 1. The fourth-order valence-corrected chi connectivity index (χ4v) is 5.04. The highest BCUT2D eigenvalue weighted by Crippen LogP contribution is 2.35. The number of ether oxygens (including phenoxy) is 1. The van der Waals surface area contributed by atoms with E-state index in [1.54, 1.807) is 18.7 Å². The van der Waals surface area contributed by atoms with Crippen LogP contribution in [0, 0.1) is 0 Å². The van der Waals surface area contributed by atoms with Gasteiger partial charge in [0, 0.05) is 45.6 Å². The Bertz CT molecular complexity index is 1030. The highest BCUT2D eigenvalue weighted by Gasteiger charge is 2.48. The van der Waals surface area contributed by atoms with Gasteiger partial charge in [0.1, 0.15) is 0 Å². The number of likely N-dealkylation sites (tertiary alicyclic amines) is 1. The van der Waals surface area contributed by atoms with Gasteiger partial charge in [0.05, 0.1) is 12.1 Å². The molecule has 2 aliphatic heterocycles. The lowest BCUT2D eigenvalue weighted by atomic mass is 9.91. The Hall–Kier alpha value is -3.02. The number of alkyl halides is 5. The van der Waals surface area contributed by atoms with Gasteiger partial charge in [-0.3, -0.25) is 9.80 Å². The van der Waals surface area contributed by atoms with Crippen LogP contribution in [0.5, 0.6) is 0 Å². The molecule has 0 spiro atoms. The zero-order valence-corrected chi connectivity index (χ0v) is 20.7. The smallest absolute Gasteiger partial charge is 0.435 e. The van der Waals surface area contributed by atoms with Gasteiger partial charge in [-0.25, -0.2) is 13.6 Å². The van der Waals surface area contributed by atoms with E-state index in [0.717, 1.165) is 11.6 Å². The lowest BCUT2D eigenvalue weighted by molar-refractivity contribution is -0.141. The van der Waals surface area contributed by atoms with Gasteiger partial charge in [0.2, 0.25) is 0 Å². The van der Waals surface area contributed by atoms with E-state index in [2.05, 4.69) is 15.1 Å². The Morgan fingerprint density at radius 2 is 1.65 bits per heavy atom. The van der Waals surface area contributed by atoms with Crippen LogP contribution in [0.3, 0.4) is 0 Å². The molecule has 0 N–H and O–H groups in total. The second-order valence-corrected chi connectivity index (χ2v) is 9.78. The molecular formula is C25H30F5N5O2. The number of anilines is 1. The van der Waals surface area contributed by atoms with Gasteiger partial charge in [0.25, 0.3) is 6.43 Å². The maximum absolute atomic E-state index is 14.2. The van der Waals surface area contributed by atoms with E-state index in [4.69, 9.17) is 4.74 Å². The minimum absolute atomic E-state index is 0.0209. The van der Waals surface area contributed by atoms with Crippen LogP contribution in [0.15, 0.2) is 42.5 Å². The average molecular weight is 528 g/mol. The largest absolute Gasteiger partial charge is 0.437 e. The molecule has 0 bridgehead atoms. The summed E-state index contributed by atoms with van der Waals surface area (Å²) in [5, 5.41) is 6.95. The van der Waals surface area contributed by atoms with Crippen LogP contribution >= 0.6 is 0 Å². The van der Waals surface area contributed by atoms with E-state index in [0.29, 0.717) is 19.6 Å². The highest BCUT2D eigenvalue weighted by atomic mass is 19.4. The van der Waals surface area contributed by atoms with Crippen LogP contribution in [0.2, 0.25) is 0 Å². The van der Waals surface area contributed by atoms with Gasteiger partial charge in [-0.15, -0.1) is 10.2 Å². The van der Waals surface area contributed by atoms with E-state index >= 15 is 0 Å². The van der Waals surface area contributed by atoms with Gasteiger partial charge >= 0.3 is 12.3 Å². The molecule has 2 aliphatic rings. The highest BCUT2D eigenvalue weighted by molar-refractivity contribution is 5.70. The third kappa shape index (κ3) is 6.11. The van der Waals surface area contributed by atoms with Crippen molar-refractivity contribution in [3.05, 3.63) is 53.7 Å². The molecule has 37 heavy (non-hydrogen) atoms. The first-order chi connectivity index (χ1) is 17.5. The van der Waals surface area contributed by atoms with Crippen LogP contribution in [-0.4, -0.2) is 76.4 Å². The van der Waals surface area contributed by atoms with Crippen molar-refractivity contribution in [3.63, 3.8) is 0 Å². The van der Waals surface area contributed by atoms with Crippen LogP contribution < -0.4 is 4.90 Å². The topological polar surface area (TPSA) is 61.8 Å². The zero-order chi connectivity index (χ0) is 26.8. The van der Waals surface area contributed by atoms with Crippen molar-refractivity contribution in [1.82, 2.24) is 20.0 Å². The summed E-state index contributed by atoms with van der Waals surface area (Å²) in [6.45, 7) is 5.34. The monoisotopic (exact) mass is 527 g/mol. The molecule has 1 aromatic carbocycles. The number of carbonyl (C=O) groups is 1. The molecule has 202 valence electrons. The number of benzene rings is 1. The van der Waals surface area contributed by atoms with Gasteiger partial charge < -0.3 is 9.64 Å². The summed E-state index contributed by atoms with van der Waals surface area (Å²) in [4.78, 5) is 18.4. The van der Waals surface area contributed by atoms with Crippen molar-refractivity contribution in [2.75, 3.05) is 31.1 Å². The number of hydrogen-bond acceptors (Lipinski definition) is 6. The minimum atomic E-state index is -4.59. The molecule has 0 saturated carbocycles. The Balaban J connectivity index is 1.38. The summed E-state index contributed by atoms with van der Waals surface area (Å²) in [5.74, 6) is 0.245. The molecule has 2 atom stereocenters. The molecule has 0 radical (unpaired) electrons. The molecule has 0 aliphatic carbocycles. The quantitative estimate of drug-likeness (QED) is 0.520. The molecule has 1 amide bonds. The lowest BCUT2D eigenvalue weighted by Crippen LogP contribution is -2.61. The minimum Gasteiger partial charge on any atom is -0.437 e. The van der Waals surface area contributed by atoms with Crippen molar-refractivity contribution < 1.29 is 31.5 Å². The van der Waals surface area contributed by atoms with Gasteiger partial charge in [-0.05, 0) is 31.5 Å². The normalized spacial score (nSPS) is 22.8. The SMILES string of the molecule is C[C@@H]1CN(c2ccc(C(F)(F)F)nn2)C[C@H](C)N1C(=O)OC1(C(F)F)CCN(Cc2ccccc2)CC1. The molecule has 2 fully saturated rings. The van der Waals surface area contributed by atoms with E-state index in [1.165, 1.54) is 11.0 Å². The average Bonchev–Trinajstić information content (AvgIpc) is 2.85. The van der Waals surface area contributed by atoms with Crippen molar-refractivity contribution in [2.45, 2.75) is 63.5 Å². The number of piperazine rings is 1. The number of nitrogens with zero attached hydrogens (tertiary/aromatic N) is 5. The predicted octanol–water partition coefficient (Wildman–Crippen LogP) is 4.83. The van der Waals surface area contributed by atoms with E-state index in [-0.39, 0.29) is 31.7 Å². The molecular weight excluding hydrogens is 497 g/mol. The van der Waals surface area contributed by atoms with Crippen molar-refractivity contribution in [1.29, 1.82) is 0 Å². The number of aromatic nitrogens is 2.